The maximum Gasteiger partial charge on any atom is 0.255 e. The van der Waals surface area contributed by atoms with E-state index in [1.165, 1.54) is 0 Å². The van der Waals surface area contributed by atoms with Gasteiger partial charge in [-0.15, -0.1) is 0 Å². The molecule has 4 nitrogen and oxygen atoms in total. The Balaban J connectivity index is 1.99. The minimum Gasteiger partial charge on any atom is -0.359 e. The zero-order valence-corrected chi connectivity index (χ0v) is 15.3. The first-order chi connectivity index (χ1) is 12.0. The first-order valence-corrected chi connectivity index (χ1v) is 8.51. The van der Waals surface area contributed by atoms with Gasteiger partial charge in [-0.25, -0.2) is 0 Å². The molecule has 0 aliphatic rings. The van der Waals surface area contributed by atoms with Gasteiger partial charge < -0.3 is 16.0 Å². The van der Waals surface area contributed by atoms with Crippen LogP contribution < -0.4 is 16.0 Å². The Kier molecular flexibility index (Phi) is 6.71. The Morgan fingerprint density at radius 1 is 1.16 bits per heavy atom. The normalized spacial score (nSPS) is 11.3. The van der Waals surface area contributed by atoms with Crippen molar-refractivity contribution < 1.29 is 4.79 Å². The molecule has 0 unspecified atom stereocenters. The number of amides is 1. The predicted molar refractivity (Wildman–Crippen MR) is 108 cm³/mol. The number of carbonyl (C=O) groups is 1. The van der Waals surface area contributed by atoms with Gasteiger partial charge in [-0.1, -0.05) is 42.5 Å². The quantitative estimate of drug-likeness (QED) is 0.542. The molecule has 1 atom stereocenters. The minimum atomic E-state index is -0.128. The van der Waals surface area contributed by atoms with Crippen molar-refractivity contribution in [3.05, 3.63) is 77.9 Å². The number of thiocarbonyl (C=S) groups is 1. The first-order valence-electron chi connectivity index (χ1n) is 8.11. The number of benzene rings is 2. The molecule has 0 bridgehead atoms. The van der Waals surface area contributed by atoms with Crippen LogP contribution in [0.4, 0.5) is 5.69 Å². The number of rotatable bonds is 6. The van der Waals surface area contributed by atoms with E-state index in [1.807, 2.05) is 56.3 Å². The maximum atomic E-state index is 12.3. The summed E-state index contributed by atoms with van der Waals surface area (Å²) in [4.78, 5) is 12.3. The lowest BCUT2D eigenvalue weighted by molar-refractivity contribution is 0.102. The van der Waals surface area contributed by atoms with E-state index < -0.39 is 0 Å². The lowest BCUT2D eigenvalue weighted by atomic mass is 10.1. The van der Waals surface area contributed by atoms with Crippen LogP contribution in [0.5, 0.6) is 0 Å². The molecule has 0 spiro atoms. The fraction of sp³-hybridized carbons (Fsp3) is 0.200. The summed E-state index contributed by atoms with van der Waals surface area (Å²) < 4.78 is 0. The van der Waals surface area contributed by atoms with Gasteiger partial charge in [-0.05, 0) is 55.9 Å². The van der Waals surface area contributed by atoms with Gasteiger partial charge in [-0.3, -0.25) is 4.79 Å². The number of nitrogens with one attached hydrogen (secondary N) is 3. The highest BCUT2D eigenvalue weighted by Crippen LogP contribution is 2.18. The molecule has 130 valence electrons. The molecule has 0 aliphatic heterocycles. The van der Waals surface area contributed by atoms with E-state index in [2.05, 4.69) is 22.5 Å². The summed E-state index contributed by atoms with van der Waals surface area (Å²) in [5.41, 5.74) is 3.43. The van der Waals surface area contributed by atoms with Crippen molar-refractivity contribution in [3.63, 3.8) is 0 Å². The number of hydrogen-bond acceptors (Lipinski definition) is 2. The SMILES string of the molecule is C=C(C)CNC(=S)N[C@H](C)c1cccc(NC(=O)c2ccccc2)c1. The molecule has 0 saturated carbocycles. The summed E-state index contributed by atoms with van der Waals surface area (Å²) in [6.45, 7) is 8.45. The molecule has 2 aromatic rings. The molecule has 3 N–H and O–H groups in total. The third-order valence-electron chi connectivity index (χ3n) is 3.58. The Hall–Kier alpha value is -2.66. The van der Waals surface area contributed by atoms with Gasteiger partial charge in [-0.2, -0.15) is 0 Å². The zero-order valence-electron chi connectivity index (χ0n) is 14.5. The highest BCUT2D eigenvalue weighted by atomic mass is 32.1. The Morgan fingerprint density at radius 2 is 1.88 bits per heavy atom. The van der Waals surface area contributed by atoms with Crippen molar-refractivity contribution in [1.29, 1.82) is 0 Å². The third kappa shape index (κ3) is 6.04. The van der Waals surface area contributed by atoms with Crippen LogP contribution in [0.1, 0.15) is 35.8 Å². The fourth-order valence-electron chi connectivity index (χ4n) is 2.24. The summed E-state index contributed by atoms with van der Waals surface area (Å²) in [7, 11) is 0. The van der Waals surface area contributed by atoms with Crippen molar-refractivity contribution in [3.8, 4) is 0 Å². The van der Waals surface area contributed by atoms with Gasteiger partial charge in [0.1, 0.15) is 0 Å². The van der Waals surface area contributed by atoms with E-state index in [1.54, 1.807) is 12.1 Å². The molecule has 0 aromatic heterocycles. The highest BCUT2D eigenvalue weighted by molar-refractivity contribution is 7.80. The van der Waals surface area contributed by atoms with Gasteiger partial charge >= 0.3 is 0 Å². The van der Waals surface area contributed by atoms with Crippen molar-refractivity contribution in [2.24, 2.45) is 0 Å². The Labute approximate surface area is 154 Å². The van der Waals surface area contributed by atoms with E-state index in [0.29, 0.717) is 17.2 Å². The summed E-state index contributed by atoms with van der Waals surface area (Å²) in [5, 5.41) is 9.83. The largest absolute Gasteiger partial charge is 0.359 e. The smallest absolute Gasteiger partial charge is 0.255 e. The predicted octanol–water partition coefficient (Wildman–Crippen LogP) is 4.04. The van der Waals surface area contributed by atoms with E-state index in [4.69, 9.17) is 12.2 Å². The van der Waals surface area contributed by atoms with E-state index in [-0.39, 0.29) is 11.9 Å². The van der Waals surface area contributed by atoms with Crippen LogP contribution in [0.25, 0.3) is 0 Å². The van der Waals surface area contributed by atoms with Crippen molar-refractivity contribution in [2.75, 3.05) is 11.9 Å². The van der Waals surface area contributed by atoms with Crippen LogP contribution in [0.2, 0.25) is 0 Å². The molecule has 1 amide bonds. The van der Waals surface area contributed by atoms with Crippen molar-refractivity contribution >= 4 is 28.9 Å². The topological polar surface area (TPSA) is 53.2 Å². The number of carbonyl (C=O) groups excluding carboxylic acids is 1. The monoisotopic (exact) mass is 353 g/mol. The molecule has 0 saturated heterocycles. The van der Waals surface area contributed by atoms with Crippen LogP contribution in [0.3, 0.4) is 0 Å². The molecular formula is C20H23N3OS. The molecule has 0 heterocycles. The molecule has 2 aromatic carbocycles. The molecule has 0 radical (unpaired) electrons. The maximum absolute atomic E-state index is 12.3. The average molecular weight is 353 g/mol. The Bertz CT molecular complexity index is 759. The van der Waals surface area contributed by atoms with Crippen LogP contribution >= 0.6 is 12.2 Å². The first kappa shape index (κ1) is 18.7. The molecule has 2 rings (SSSR count). The second kappa shape index (κ2) is 8.99. The molecule has 0 fully saturated rings. The van der Waals surface area contributed by atoms with Crippen LogP contribution in [-0.4, -0.2) is 17.6 Å². The lowest BCUT2D eigenvalue weighted by Crippen LogP contribution is -2.37. The van der Waals surface area contributed by atoms with E-state index >= 15 is 0 Å². The van der Waals surface area contributed by atoms with Gasteiger partial charge in [0, 0.05) is 17.8 Å². The van der Waals surface area contributed by atoms with Gasteiger partial charge in [0.25, 0.3) is 5.91 Å². The summed E-state index contributed by atoms with van der Waals surface area (Å²) in [5.74, 6) is -0.128. The average Bonchev–Trinajstić information content (AvgIpc) is 2.61. The molecule has 0 aliphatic carbocycles. The minimum absolute atomic E-state index is 0.0127. The number of anilines is 1. The fourth-order valence-corrected chi connectivity index (χ4v) is 2.49. The van der Waals surface area contributed by atoms with E-state index in [0.717, 1.165) is 16.8 Å². The van der Waals surface area contributed by atoms with Crippen molar-refractivity contribution in [2.45, 2.75) is 19.9 Å². The third-order valence-corrected chi connectivity index (χ3v) is 3.84. The Morgan fingerprint density at radius 3 is 2.56 bits per heavy atom. The van der Waals surface area contributed by atoms with Crippen LogP contribution in [-0.2, 0) is 0 Å². The molecular weight excluding hydrogens is 330 g/mol. The summed E-state index contributed by atoms with van der Waals surface area (Å²) >= 11 is 5.28. The lowest BCUT2D eigenvalue weighted by Gasteiger charge is -2.18. The van der Waals surface area contributed by atoms with Gasteiger partial charge in [0.05, 0.1) is 6.04 Å². The van der Waals surface area contributed by atoms with Gasteiger partial charge in [0.2, 0.25) is 0 Å². The highest BCUT2D eigenvalue weighted by Gasteiger charge is 2.09. The van der Waals surface area contributed by atoms with Crippen LogP contribution in [0, 0.1) is 0 Å². The molecule has 25 heavy (non-hydrogen) atoms. The van der Waals surface area contributed by atoms with Gasteiger partial charge in [0.15, 0.2) is 5.11 Å². The second-order valence-electron chi connectivity index (χ2n) is 5.95. The summed E-state index contributed by atoms with van der Waals surface area (Å²) in [6.07, 6.45) is 0. The molecule has 5 heteroatoms. The zero-order chi connectivity index (χ0) is 18.2. The van der Waals surface area contributed by atoms with Crippen LogP contribution in [0.15, 0.2) is 66.7 Å². The summed E-state index contributed by atoms with van der Waals surface area (Å²) in [6, 6.07) is 16.9. The number of hydrogen-bond donors (Lipinski definition) is 3. The standard InChI is InChI=1S/C20H23N3OS/c1-14(2)13-21-20(25)22-15(3)17-10-7-11-18(12-17)23-19(24)16-8-5-4-6-9-16/h4-12,15H,1,13H2,2-3H3,(H,23,24)(H2,21,22,25)/t15-/m1/s1. The second-order valence-corrected chi connectivity index (χ2v) is 6.36. The van der Waals surface area contributed by atoms with Crippen molar-refractivity contribution in [1.82, 2.24) is 10.6 Å². The van der Waals surface area contributed by atoms with E-state index in [9.17, 15) is 4.79 Å².